The van der Waals surface area contributed by atoms with Gasteiger partial charge in [0.1, 0.15) is 11.5 Å². The van der Waals surface area contributed by atoms with Gasteiger partial charge in [0.2, 0.25) is 0 Å². The molecule has 1 unspecified atom stereocenters. The number of nitrogens with one attached hydrogen (secondary N) is 1. The number of nitrogens with zero attached hydrogens (tertiary/aromatic N) is 4. The highest BCUT2D eigenvalue weighted by atomic mass is 16.2. The van der Waals surface area contributed by atoms with Crippen LogP contribution in [0.1, 0.15) is 41.8 Å². The second-order valence-corrected chi connectivity index (χ2v) is 5.94. The van der Waals surface area contributed by atoms with Crippen LogP contribution in [0.3, 0.4) is 0 Å². The fourth-order valence-electron chi connectivity index (χ4n) is 2.91. The van der Waals surface area contributed by atoms with Crippen molar-refractivity contribution in [3.05, 3.63) is 45.9 Å². The summed E-state index contributed by atoms with van der Waals surface area (Å²) in [5.41, 5.74) is 1.10. The minimum atomic E-state index is -0.236. The smallest absolute Gasteiger partial charge is 0.272 e. The van der Waals surface area contributed by atoms with Crippen molar-refractivity contribution in [2.24, 2.45) is 0 Å². The van der Waals surface area contributed by atoms with Crippen molar-refractivity contribution in [3.63, 3.8) is 0 Å². The maximum absolute atomic E-state index is 12.4. The summed E-state index contributed by atoms with van der Waals surface area (Å²) in [6, 6.07) is 2.94. The van der Waals surface area contributed by atoms with E-state index in [9.17, 15) is 9.59 Å². The molecule has 2 aromatic heterocycles. The predicted octanol–water partition coefficient (Wildman–Crippen LogP) is 0.903. The predicted molar refractivity (Wildman–Crippen MR) is 85.3 cm³/mol. The molecule has 0 saturated carbocycles. The van der Waals surface area contributed by atoms with Crippen molar-refractivity contribution < 1.29 is 4.79 Å². The van der Waals surface area contributed by atoms with Crippen molar-refractivity contribution in [2.75, 3.05) is 0 Å². The van der Waals surface area contributed by atoms with Gasteiger partial charge in [-0.1, -0.05) is 6.92 Å². The Bertz CT molecular complexity index is 777. The lowest BCUT2D eigenvalue weighted by Gasteiger charge is -2.24. The number of carbonyl (C=O) groups is 1. The lowest BCUT2D eigenvalue weighted by molar-refractivity contribution is 0.0920. The summed E-state index contributed by atoms with van der Waals surface area (Å²) in [5.74, 6) is 0.836. The largest absolute Gasteiger partial charge is 0.346 e. The Morgan fingerprint density at radius 1 is 1.43 bits per heavy atom. The van der Waals surface area contributed by atoms with Gasteiger partial charge in [0, 0.05) is 37.8 Å². The molecule has 0 bridgehead atoms. The molecule has 1 atom stereocenters. The highest BCUT2D eigenvalue weighted by Gasteiger charge is 2.22. The first kappa shape index (κ1) is 15.5. The molecular weight excluding hydrogens is 294 g/mol. The topological polar surface area (TPSA) is 81.8 Å². The minimum absolute atomic E-state index is 0.0527. The molecule has 7 heteroatoms. The fourth-order valence-corrected chi connectivity index (χ4v) is 2.91. The summed E-state index contributed by atoms with van der Waals surface area (Å²) in [5, 5.41) is 7.16. The monoisotopic (exact) mass is 315 g/mol. The van der Waals surface area contributed by atoms with Crippen LogP contribution in [-0.4, -0.2) is 31.3 Å². The van der Waals surface area contributed by atoms with Crippen molar-refractivity contribution in [1.82, 2.24) is 24.6 Å². The van der Waals surface area contributed by atoms with Crippen LogP contribution in [0.25, 0.3) is 0 Å². The Hall–Kier alpha value is -2.44. The average Bonchev–Trinajstić information content (AvgIpc) is 2.89. The van der Waals surface area contributed by atoms with Gasteiger partial charge in [-0.3, -0.25) is 9.59 Å². The number of hydrogen-bond donors (Lipinski definition) is 1. The van der Waals surface area contributed by atoms with E-state index in [4.69, 9.17) is 0 Å². The summed E-state index contributed by atoms with van der Waals surface area (Å²) in [6.07, 6.45) is 4.51. The number of aromatic nitrogens is 4. The van der Waals surface area contributed by atoms with E-state index in [1.807, 2.05) is 20.0 Å². The lowest BCUT2D eigenvalue weighted by atomic mass is 10.1. The van der Waals surface area contributed by atoms with Gasteiger partial charge in [-0.25, -0.2) is 9.67 Å². The molecule has 1 aliphatic heterocycles. The summed E-state index contributed by atoms with van der Waals surface area (Å²) in [7, 11) is 0. The van der Waals surface area contributed by atoms with Gasteiger partial charge < -0.3 is 9.88 Å². The van der Waals surface area contributed by atoms with E-state index in [1.165, 1.54) is 16.8 Å². The van der Waals surface area contributed by atoms with E-state index >= 15 is 0 Å². The molecule has 2 aromatic rings. The highest BCUT2D eigenvalue weighted by molar-refractivity contribution is 5.92. The van der Waals surface area contributed by atoms with Crippen LogP contribution in [-0.2, 0) is 19.5 Å². The molecule has 122 valence electrons. The fraction of sp³-hybridized carbons (Fsp3) is 0.500. The lowest BCUT2D eigenvalue weighted by Crippen LogP contribution is -2.41. The minimum Gasteiger partial charge on any atom is -0.346 e. The standard InChI is InChI=1S/C16H21N5O2/c1-3-8-21-15(22)7-5-13(19-21)16(23)18-12-4-6-14-17-11(2)9-20(14)10-12/h5,7,9,12H,3-4,6,8,10H2,1-2H3,(H,18,23). The normalized spacial score (nSPS) is 16.9. The van der Waals surface area contributed by atoms with Gasteiger partial charge in [0.25, 0.3) is 11.5 Å². The van der Waals surface area contributed by atoms with Gasteiger partial charge in [-0.15, -0.1) is 0 Å². The molecule has 0 saturated heterocycles. The Balaban J connectivity index is 1.70. The van der Waals surface area contributed by atoms with Gasteiger partial charge in [-0.05, 0) is 25.8 Å². The number of carbonyl (C=O) groups excluding carboxylic acids is 1. The van der Waals surface area contributed by atoms with Gasteiger partial charge >= 0.3 is 0 Å². The average molecular weight is 315 g/mol. The van der Waals surface area contributed by atoms with E-state index in [2.05, 4.69) is 20.0 Å². The van der Waals surface area contributed by atoms with E-state index in [-0.39, 0.29) is 23.2 Å². The first-order valence-electron chi connectivity index (χ1n) is 7.98. The second kappa shape index (κ2) is 6.36. The number of rotatable bonds is 4. The molecule has 0 fully saturated rings. The zero-order chi connectivity index (χ0) is 16.4. The van der Waals surface area contributed by atoms with Gasteiger partial charge in [-0.2, -0.15) is 5.10 Å². The zero-order valence-electron chi connectivity index (χ0n) is 13.5. The third kappa shape index (κ3) is 3.33. The molecule has 0 spiro atoms. The maximum Gasteiger partial charge on any atom is 0.272 e. The molecular formula is C16H21N5O2. The summed E-state index contributed by atoms with van der Waals surface area (Å²) in [6.45, 7) is 5.17. The molecule has 3 rings (SSSR count). The number of aryl methyl sites for hydroxylation is 3. The molecule has 3 heterocycles. The van der Waals surface area contributed by atoms with Gasteiger partial charge in [0.15, 0.2) is 0 Å². The molecule has 23 heavy (non-hydrogen) atoms. The molecule has 1 aliphatic rings. The Morgan fingerprint density at radius 2 is 2.26 bits per heavy atom. The first-order chi connectivity index (χ1) is 11.1. The zero-order valence-corrected chi connectivity index (χ0v) is 13.5. The molecule has 0 radical (unpaired) electrons. The first-order valence-corrected chi connectivity index (χ1v) is 7.98. The van der Waals surface area contributed by atoms with E-state index in [0.29, 0.717) is 6.54 Å². The second-order valence-electron chi connectivity index (χ2n) is 5.94. The van der Waals surface area contributed by atoms with Crippen LogP contribution in [0.15, 0.2) is 23.1 Å². The van der Waals surface area contributed by atoms with Crippen LogP contribution in [0.5, 0.6) is 0 Å². The quantitative estimate of drug-likeness (QED) is 0.909. The maximum atomic E-state index is 12.4. The van der Waals surface area contributed by atoms with E-state index in [0.717, 1.165) is 37.3 Å². The molecule has 0 aromatic carbocycles. The van der Waals surface area contributed by atoms with Crippen LogP contribution in [0.4, 0.5) is 0 Å². The third-order valence-corrected chi connectivity index (χ3v) is 3.98. The van der Waals surface area contributed by atoms with Crippen LogP contribution in [0, 0.1) is 6.92 Å². The SMILES string of the molecule is CCCn1nc(C(=O)NC2CCc3nc(C)cn3C2)ccc1=O. The third-order valence-electron chi connectivity index (χ3n) is 3.98. The number of hydrogen-bond acceptors (Lipinski definition) is 4. The van der Waals surface area contributed by atoms with Crippen molar-refractivity contribution in [2.45, 2.75) is 52.2 Å². The number of fused-ring (bicyclic) bond motifs is 1. The molecule has 1 amide bonds. The highest BCUT2D eigenvalue weighted by Crippen LogP contribution is 2.15. The molecule has 7 nitrogen and oxygen atoms in total. The van der Waals surface area contributed by atoms with E-state index < -0.39 is 0 Å². The van der Waals surface area contributed by atoms with Crippen LogP contribution in [0.2, 0.25) is 0 Å². The van der Waals surface area contributed by atoms with Crippen molar-refractivity contribution in [1.29, 1.82) is 0 Å². The number of imidazole rings is 1. The Labute approximate surface area is 134 Å². The van der Waals surface area contributed by atoms with Crippen molar-refractivity contribution >= 4 is 5.91 Å². The van der Waals surface area contributed by atoms with Crippen LogP contribution < -0.4 is 10.9 Å². The Kier molecular flexibility index (Phi) is 4.27. The Morgan fingerprint density at radius 3 is 3.04 bits per heavy atom. The van der Waals surface area contributed by atoms with Crippen molar-refractivity contribution in [3.8, 4) is 0 Å². The summed E-state index contributed by atoms with van der Waals surface area (Å²) in [4.78, 5) is 28.5. The summed E-state index contributed by atoms with van der Waals surface area (Å²) >= 11 is 0. The van der Waals surface area contributed by atoms with Gasteiger partial charge in [0.05, 0.1) is 5.69 Å². The summed E-state index contributed by atoms with van der Waals surface area (Å²) < 4.78 is 3.43. The van der Waals surface area contributed by atoms with E-state index in [1.54, 1.807) is 0 Å². The number of amides is 1. The van der Waals surface area contributed by atoms with Crippen LogP contribution >= 0.6 is 0 Å². The molecule has 1 N–H and O–H groups in total. The molecule has 0 aliphatic carbocycles.